The summed E-state index contributed by atoms with van der Waals surface area (Å²) < 4.78 is 5.96. The largest absolute Gasteiger partial charge is 0.481 e. The number of fused-ring (bicyclic) bond motifs is 5. The minimum atomic E-state index is -0.737. The summed E-state index contributed by atoms with van der Waals surface area (Å²) >= 11 is 0. The van der Waals surface area contributed by atoms with Crippen molar-refractivity contribution in [3.05, 3.63) is 11.6 Å². The Morgan fingerprint density at radius 2 is 1.67 bits per heavy atom. The van der Waals surface area contributed by atoms with Crippen LogP contribution in [0.25, 0.3) is 0 Å². The Morgan fingerprint density at radius 3 is 2.38 bits per heavy atom. The van der Waals surface area contributed by atoms with Gasteiger partial charge in [0.05, 0.1) is 0 Å². The Balaban J connectivity index is 1.30. The quantitative estimate of drug-likeness (QED) is 0.143. The van der Waals surface area contributed by atoms with Gasteiger partial charge >= 0.3 is 11.9 Å². The Kier molecular flexibility index (Phi) is 10.3. The first-order chi connectivity index (χ1) is 18.5. The molecular formula is C35H58O4. The van der Waals surface area contributed by atoms with E-state index in [0.29, 0.717) is 18.3 Å². The Hall–Kier alpha value is -1.32. The van der Waals surface area contributed by atoms with Gasteiger partial charge in [0, 0.05) is 19.3 Å². The number of hydrogen-bond acceptors (Lipinski definition) is 3. The molecule has 0 aromatic heterocycles. The lowest BCUT2D eigenvalue weighted by molar-refractivity contribution is -0.151. The summed E-state index contributed by atoms with van der Waals surface area (Å²) in [4.78, 5) is 23.2. The maximum Gasteiger partial charge on any atom is 0.306 e. The predicted molar refractivity (Wildman–Crippen MR) is 158 cm³/mol. The van der Waals surface area contributed by atoms with Gasteiger partial charge in [-0.15, -0.1) is 0 Å². The van der Waals surface area contributed by atoms with Gasteiger partial charge in [-0.1, -0.05) is 78.4 Å². The fourth-order valence-electron chi connectivity index (χ4n) is 9.90. The third kappa shape index (κ3) is 6.95. The van der Waals surface area contributed by atoms with Crippen LogP contribution in [-0.4, -0.2) is 23.1 Å². The second-order valence-electron chi connectivity index (χ2n) is 15.0. The standard InChI is InChI=1S/C35H58O4/c1-24(2)11-10-12-25(3)29-17-18-30-28-16-15-26-23-27(39-33(38)14-9-7-6-8-13-32(36)37)19-21-34(26,4)31(28)20-22-35(29,30)5/h15,24-25,27-31H,6-14,16-23H2,1-5H3,(H,36,37)/t25-,27+,28+,29-,30+,31+,34+,35-/m1/s1. The van der Waals surface area contributed by atoms with E-state index >= 15 is 0 Å². The number of carbonyl (C=O) groups is 2. The van der Waals surface area contributed by atoms with Crippen LogP contribution in [0.4, 0.5) is 0 Å². The smallest absolute Gasteiger partial charge is 0.306 e. The molecule has 0 aromatic carbocycles. The average Bonchev–Trinajstić information content (AvgIpc) is 3.23. The van der Waals surface area contributed by atoms with Gasteiger partial charge in [-0.3, -0.25) is 9.59 Å². The van der Waals surface area contributed by atoms with Crippen molar-refractivity contribution < 1.29 is 19.4 Å². The maximum atomic E-state index is 12.5. The van der Waals surface area contributed by atoms with Crippen molar-refractivity contribution in [3.8, 4) is 0 Å². The molecule has 0 amide bonds. The fraction of sp³-hybridized carbons (Fsp3) is 0.886. The molecule has 3 fully saturated rings. The number of unbranched alkanes of at least 4 members (excludes halogenated alkanes) is 3. The summed E-state index contributed by atoms with van der Waals surface area (Å²) in [6.45, 7) is 12.5. The molecule has 8 atom stereocenters. The number of carboxylic acid groups (broad SMARTS) is 1. The van der Waals surface area contributed by atoms with E-state index in [2.05, 4.69) is 40.7 Å². The Bertz CT molecular complexity index is 876. The van der Waals surface area contributed by atoms with Crippen LogP contribution in [0.5, 0.6) is 0 Å². The second kappa shape index (κ2) is 13.1. The number of carbonyl (C=O) groups excluding carboxylic acids is 1. The van der Waals surface area contributed by atoms with Crippen molar-refractivity contribution >= 4 is 11.9 Å². The van der Waals surface area contributed by atoms with E-state index in [0.717, 1.165) is 74.0 Å². The van der Waals surface area contributed by atoms with Gasteiger partial charge in [-0.25, -0.2) is 0 Å². The minimum absolute atomic E-state index is 0.0387. The third-order valence-corrected chi connectivity index (χ3v) is 12.1. The number of esters is 1. The number of allylic oxidation sites excluding steroid dienone is 1. The first kappa shape index (κ1) is 30.6. The third-order valence-electron chi connectivity index (χ3n) is 12.1. The molecular weight excluding hydrogens is 484 g/mol. The summed E-state index contributed by atoms with van der Waals surface area (Å²) in [7, 11) is 0. The van der Waals surface area contributed by atoms with Crippen molar-refractivity contribution in [3.63, 3.8) is 0 Å². The van der Waals surface area contributed by atoms with Gasteiger partial charge in [0.1, 0.15) is 6.10 Å². The van der Waals surface area contributed by atoms with E-state index in [4.69, 9.17) is 9.84 Å². The number of ether oxygens (including phenoxy) is 1. The van der Waals surface area contributed by atoms with Crippen LogP contribution in [0, 0.1) is 46.3 Å². The van der Waals surface area contributed by atoms with Crippen LogP contribution in [-0.2, 0) is 14.3 Å². The molecule has 4 aliphatic carbocycles. The molecule has 1 N–H and O–H groups in total. The van der Waals surface area contributed by atoms with E-state index in [-0.39, 0.29) is 23.9 Å². The topological polar surface area (TPSA) is 63.6 Å². The van der Waals surface area contributed by atoms with Gasteiger partial charge in [0.2, 0.25) is 0 Å². The molecule has 0 saturated heterocycles. The Morgan fingerprint density at radius 1 is 0.923 bits per heavy atom. The molecule has 4 aliphatic rings. The summed E-state index contributed by atoms with van der Waals surface area (Å²) in [5.41, 5.74) is 2.40. The first-order valence-electron chi connectivity index (χ1n) is 16.7. The number of aliphatic carboxylic acids is 1. The van der Waals surface area contributed by atoms with Crippen LogP contribution in [0.3, 0.4) is 0 Å². The van der Waals surface area contributed by atoms with Gasteiger partial charge < -0.3 is 9.84 Å². The normalized spacial score (nSPS) is 36.5. The molecule has 0 radical (unpaired) electrons. The van der Waals surface area contributed by atoms with Crippen molar-refractivity contribution in [1.82, 2.24) is 0 Å². The van der Waals surface area contributed by atoms with E-state index in [9.17, 15) is 9.59 Å². The van der Waals surface area contributed by atoms with Gasteiger partial charge in [-0.2, -0.15) is 0 Å². The fourth-order valence-corrected chi connectivity index (χ4v) is 9.90. The van der Waals surface area contributed by atoms with Crippen LogP contribution in [0.2, 0.25) is 0 Å². The highest BCUT2D eigenvalue weighted by atomic mass is 16.5. The highest BCUT2D eigenvalue weighted by molar-refractivity contribution is 5.69. The predicted octanol–water partition coefficient (Wildman–Crippen LogP) is 9.36. The van der Waals surface area contributed by atoms with Crippen molar-refractivity contribution in [1.29, 1.82) is 0 Å². The van der Waals surface area contributed by atoms with Crippen LogP contribution >= 0.6 is 0 Å². The molecule has 0 aliphatic heterocycles. The molecule has 4 rings (SSSR count). The number of rotatable bonds is 13. The molecule has 3 saturated carbocycles. The zero-order valence-electron chi connectivity index (χ0n) is 25.8. The van der Waals surface area contributed by atoms with E-state index in [1.807, 2.05) is 0 Å². The molecule has 0 aromatic rings. The van der Waals surface area contributed by atoms with Crippen LogP contribution in [0.15, 0.2) is 11.6 Å². The van der Waals surface area contributed by atoms with E-state index < -0.39 is 5.97 Å². The summed E-state index contributed by atoms with van der Waals surface area (Å²) in [6, 6.07) is 0. The molecule has 39 heavy (non-hydrogen) atoms. The molecule has 4 nitrogen and oxygen atoms in total. The maximum absolute atomic E-state index is 12.5. The highest BCUT2D eigenvalue weighted by Crippen LogP contribution is 2.67. The van der Waals surface area contributed by atoms with E-state index in [1.165, 1.54) is 51.4 Å². The van der Waals surface area contributed by atoms with E-state index in [1.54, 1.807) is 5.57 Å². The van der Waals surface area contributed by atoms with Crippen LogP contribution < -0.4 is 0 Å². The lowest BCUT2D eigenvalue weighted by Gasteiger charge is -2.58. The lowest BCUT2D eigenvalue weighted by Crippen LogP contribution is -2.51. The van der Waals surface area contributed by atoms with Crippen LogP contribution in [0.1, 0.15) is 144 Å². The lowest BCUT2D eigenvalue weighted by atomic mass is 9.47. The summed E-state index contributed by atoms with van der Waals surface area (Å²) in [5.74, 6) is 4.30. The Labute approximate surface area is 239 Å². The molecule has 222 valence electrons. The second-order valence-corrected chi connectivity index (χ2v) is 15.0. The van der Waals surface area contributed by atoms with Crippen molar-refractivity contribution in [2.75, 3.05) is 0 Å². The number of hydrogen-bond donors (Lipinski definition) is 1. The van der Waals surface area contributed by atoms with Gasteiger partial charge in [-0.05, 0) is 104 Å². The minimum Gasteiger partial charge on any atom is -0.481 e. The molecule has 0 bridgehead atoms. The van der Waals surface area contributed by atoms with Gasteiger partial charge in [0.25, 0.3) is 0 Å². The van der Waals surface area contributed by atoms with Crippen molar-refractivity contribution in [2.45, 2.75) is 150 Å². The molecule has 0 spiro atoms. The SMILES string of the molecule is CC(C)CCC[C@@H](C)[C@H]1CC[C@H]2[C@@H]3CC=C4C[C@@H](OC(=O)CCCCCCC(=O)O)CC[C@]4(C)[C@H]3CC[C@]12C. The molecule has 0 unspecified atom stereocenters. The molecule has 4 heteroatoms. The zero-order chi connectivity index (χ0) is 28.2. The summed E-state index contributed by atoms with van der Waals surface area (Å²) in [5, 5.41) is 8.75. The van der Waals surface area contributed by atoms with Gasteiger partial charge in [0.15, 0.2) is 0 Å². The monoisotopic (exact) mass is 542 g/mol. The summed E-state index contributed by atoms with van der Waals surface area (Å²) in [6.07, 6.45) is 20.7. The first-order valence-corrected chi connectivity index (χ1v) is 16.7. The number of carboxylic acids is 1. The zero-order valence-corrected chi connectivity index (χ0v) is 25.8. The molecule has 0 heterocycles. The average molecular weight is 543 g/mol. The highest BCUT2D eigenvalue weighted by Gasteiger charge is 2.59. The van der Waals surface area contributed by atoms with Crippen molar-refractivity contribution in [2.24, 2.45) is 46.3 Å².